The van der Waals surface area contributed by atoms with Crippen molar-refractivity contribution in [3.8, 4) is 0 Å². The van der Waals surface area contributed by atoms with Gasteiger partial charge in [-0.25, -0.2) is 8.42 Å². The van der Waals surface area contributed by atoms with E-state index in [-0.39, 0.29) is 10.5 Å². The topological polar surface area (TPSA) is 88.5 Å². The van der Waals surface area contributed by atoms with Crippen LogP contribution in [0.3, 0.4) is 0 Å². The van der Waals surface area contributed by atoms with Crippen molar-refractivity contribution in [1.29, 1.82) is 0 Å². The molecule has 0 fully saturated rings. The first-order chi connectivity index (χ1) is 11.2. The minimum Gasteiger partial charge on any atom is -0.481 e. The second-order valence-corrected chi connectivity index (χ2v) is 8.19. The smallest absolute Gasteiger partial charge is 0.305 e. The predicted octanol–water partition coefficient (Wildman–Crippen LogP) is 2.89. The number of sulfone groups is 1. The van der Waals surface area contributed by atoms with Gasteiger partial charge in [0.25, 0.3) is 0 Å². The summed E-state index contributed by atoms with van der Waals surface area (Å²) >= 11 is 0. The van der Waals surface area contributed by atoms with Crippen LogP contribution in [-0.4, -0.2) is 30.0 Å². The van der Waals surface area contributed by atoms with Gasteiger partial charge in [0.15, 0.2) is 15.6 Å². The summed E-state index contributed by atoms with van der Waals surface area (Å²) in [6, 6.07) is 13.9. The highest BCUT2D eigenvalue weighted by Crippen LogP contribution is 2.32. The lowest BCUT2D eigenvalue weighted by Crippen LogP contribution is -2.45. The molecule has 0 heterocycles. The summed E-state index contributed by atoms with van der Waals surface area (Å²) in [5.41, 5.74) is 1.03. The summed E-state index contributed by atoms with van der Waals surface area (Å²) < 4.78 is 24.0. The molecular weight excluding hydrogens is 328 g/mol. The lowest BCUT2D eigenvalue weighted by Gasteiger charge is -2.26. The quantitative estimate of drug-likeness (QED) is 0.813. The van der Waals surface area contributed by atoms with Gasteiger partial charge in [-0.05, 0) is 26.0 Å². The molecule has 2 rings (SSSR count). The molecule has 2 aromatic rings. The first kappa shape index (κ1) is 17.9. The number of aliphatic carboxylic acids is 1. The Morgan fingerprint density at radius 3 is 2.04 bits per heavy atom. The lowest BCUT2D eigenvalue weighted by atomic mass is 9.95. The monoisotopic (exact) mass is 346 g/mol. The summed E-state index contributed by atoms with van der Waals surface area (Å²) in [7, 11) is -4.19. The highest BCUT2D eigenvalue weighted by molar-refractivity contribution is 7.93. The average molecular weight is 346 g/mol. The van der Waals surface area contributed by atoms with Gasteiger partial charge in [-0.3, -0.25) is 9.59 Å². The Labute approximate surface area is 140 Å². The molecule has 0 aliphatic heterocycles. The van der Waals surface area contributed by atoms with Gasteiger partial charge in [-0.1, -0.05) is 48.0 Å². The van der Waals surface area contributed by atoms with Crippen LogP contribution in [0.1, 0.15) is 29.3 Å². The fourth-order valence-electron chi connectivity index (χ4n) is 2.46. The number of rotatable bonds is 6. The van der Waals surface area contributed by atoms with Crippen LogP contribution in [0.25, 0.3) is 0 Å². The van der Waals surface area contributed by atoms with E-state index in [0.29, 0.717) is 0 Å². The summed E-state index contributed by atoms with van der Waals surface area (Å²) in [6.07, 6.45) is -0.809. The molecule has 24 heavy (non-hydrogen) atoms. The molecule has 0 saturated heterocycles. The van der Waals surface area contributed by atoms with Gasteiger partial charge in [0.05, 0.1) is 11.3 Å². The zero-order valence-electron chi connectivity index (χ0n) is 13.4. The molecule has 1 atom stereocenters. The molecule has 0 bridgehead atoms. The van der Waals surface area contributed by atoms with Crippen LogP contribution < -0.4 is 0 Å². The summed E-state index contributed by atoms with van der Waals surface area (Å²) in [4.78, 5) is 24.0. The molecule has 1 N–H and O–H groups in total. The molecule has 0 aromatic heterocycles. The highest BCUT2D eigenvalue weighted by atomic mass is 32.2. The number of carboxylic acids is 1. The molecular formula is C18H18O5S. The predicted molar refractivity (Wildman–Crippen MR) is 89.8 cm³/mol. The number of hydrogen-bond donors (Lipinski definition) is 1. The SMILES string of the molecule is Cc1ccc(S(=O)(=O)C(C)(CC(=O)O)C(=O)c2ccccc2)cc1. The molecule has 2 aromatic carbocycles. The first-order valence-corrected chi connectivity index (χ1v) is 8.80. The molecule has 126 valence electrons. The maximum Gasteiger partial charge on any atom is 0.305 e. The molecule has 1 unspecified atom stereocenters. The largest absolute Gasteiger partial charge is 0.481 e. The van der Waals surface area contributed by atoms with Crippen LogP contribution in [-0.2, 0) is 14.6 Å². The van der Waals surface area contributed by atoms with E-state index >= 15 is 0 Å². The van der Waals surface area contributed by atoms with Gasteiger partial charge in [0, 0.05) is 5.56 Å². The maximum atomic E-state index is 13.0. The summed E-state index contributed by atoms with van der Waals surface area (Å²) in [5.74, 6) is -2.08. The fraction of sp³-hybridized carbons (Fsp3) is 0.222. The Morgan fingerprint density at radius 1 is 1.00 bits per heavy atom. The van der Waals surface area contributed by atoms with Gasteiger partial charge in [-0.15, -0.1) is 0 Å². The zero-order chi connectivity index (χ0) is 18.0. The van der Waals surface area contributed by atoms with Crippen LogP contribution in [0, 0.1) is 6.92 Å². The highest BCUT2D eigenvalue weighted by Gasteiger charge is 2.48. The van der Waals surface area contributed by atoms with Crippen molar-refractivity contribution in [2.75, 3.05) is 0 Å². The standard InChI is InChI=1S/C18H18O5S/c1-13-8-10-15(11-9-13)24(22,23)18(2,12-16(19)20)17(21)14-6-4-3-5-7-14/h3-11H,12H2,1-2H3,(H,19,20). The normalized spacial score (nSPS) is 13.9. The van der Waals surface area contributed by atoms with Crippen LogP contribution in [0.4, 0.5) is 0 Å². The van der Waals surface area contributed by atoms with E-state index in [0.717, 1.165) is 5.56 Å². The molecule has 0 spiro atoms. The molecule has 0 amide bonds. The second-order valence-electron chi connectivity index (χ2n) is 5.81. The summed E-state index contributed by atoms with van der Waals surface area (Å²) in [6.45, 7) is 2.98. The Bertz CT molecular complexity index is 854. The van der Waals surface area contributed by atoms with E-state index in [1.807, 2.05) is 6.92 Å². The number of ketones is 1. The van der Waals surface area contributed by atoms with Gasteiger partial charge in [0.1, 0.15) is 4.75 Å². The number of aryl methyl sites for hydroxylation is 1. The molecule has 6 heteroatoms. The third-order valence-electron chi connectivity index (χ3n) is 3.93. The third-order valence-corrected chi connectivity index (χ3v) is 6.34. The number of carbonyl (C=O) groups is 2. The Morgan fingerprint density at radius 2 is 1.54 bits per heavy atom. The van der Waals surface area contributed by atoms with Crippen molar-refractivity contribution in [2.45, 2.75) is 29.9 Å². The van der Waals surface area contributed by atoms with Crippen LogP contribution in [0.5, 0.6) is 0 Å². The molecule has 0 saturated carbocycles. The number of hydrogen-bond acceptors (Lipinski definition) is 4. The number of Topliss-reactive ketones (excluding diaryl/α,β-unsaturated/α-hetero) is 1. The van der Waals surface area contributed by atoms with E-state index in [2.05, 4.69) is 0 Å². The van der Waals surface area contributed by atoms with Crippen molar-refractivity contribution < 1.29 is 23.1 Å². The van der Waals surface area contributed by atoms with Crippen LogP contribution >= 0.6 is 0 Å². The van der Waals surface area contributed by atoms with Gasteiger partial charge in [0.2, 0.25) is 0 Å². The van der Waals surface area contributed by atoms with Crippen molar-refractivity contribution >= 4 is 21.6 Å². The summed E-state index contributed by atoms with van der Waals surface area (Å²) in [5, 5.41) is 9.18. The van der Waals surface area contributed by atoms with Gasteiger partial charge < -0.3 is 5.11 Å². The molecule has 0 aliphatic rings. The second kappa shape index (κ2) is 6.57. The number of benzene rings is 2. The Kier molecular flexibility index (Phi) is 4.89. The van der Waals surface area contributed by atoms with E-state index in [1.54, 1.807) is 30.3 Å². The van der Waals surface area contributed by atoms with Crippen molar-refractivity contribution in [1.82, 2.24) is 0 Å². The van der Waals surface area contributed by atoms with Crippen molar-refractivity contribution in [3.05, 3.63) is 65.7 Å². The first-order valence-electron chi connectivity index (χ1n) is 7.31. The number of carboxylic acid groups (broad SMARTS) is 1. The fourth-order valence-corrected chi connectivity index (χ4v) is 4.15. The Hall–Kier alpha value is -2.47. The van der Waals surface area contributed by atoms with Crippen LogP contribution in [0.15, 0.2) is 59.5 Å². The lowest BCUT2D eigenvalue weighted by molar-refractivity contribution is -0.137. The average Bonchev–Trinajstić information content (AvgIpc) is 2.54. The minimum atomic E-state index is -4.19. The van der Waals surface area contributed by atoms with E-state index < -0.39 is 32.8 Å². The van der Waals surface area contributed by atoms with Crippen molar-refractivity contribution in [3.63, 3.8) is 0 Å². The van der Waals surface area contributed by atoms with E-state index in [4.69, 9.17) is 0 Å². The Balaban J connectivity index is 2.61. The molecule has 5 nitrogen and oxygen atoms in total. The third kappa shape index (κ3) is 3.23. The van der Waals surface area contributed by atoms with E-state index in [1.165, 1.54) is 31.2 Å². The number of carbonyl (C=O) groups excluding carboxylic acids is 1. The maximum absolute atomic E-state index is 13.0. The van der Waals surface area contributed by atoms with Crippen LogP contribution in [0.2, 0.25) is 0 Å². The zero-order valence-corrected chi connectivity index (χ0v) is 14.2. The van der Waals surface area contributed by atoms with E-state index in [9.17, 15) is 23.1 Å². The minimum absolute atomic E-state index is 0.0684. The van der Waals surface area contributed by atoms with Crippen molar-refractivity contribution in [2.24, 2.45) is 0 Å². The molecule has 0 radical (unpaired) electrons. The molecule has 0 aliphatic carbocycles. The van der Waals surface area contributed by atoms with Gasteiger partial charge >= 0.3 is 5.97 Å². The van der Waals surface area contributed by atoms with Gasteiger partial charge in [-0.2, -0.15) is 0 Å².